The van der Waals surface area contributed by atoms with Crippen LogP contribution in [0.3, 0.4) is 0 Å². The van der Waals surface area contributed by atoms with Gasteiger partial charge in [-0.25, -0.2) is 5.48 Å². The monoisotopic (exact) mass is 365 g/mol. The van der Waals surface area contributed by atoms with Crippen LogP contribution >= 0.6 is 11.8 Å². The highest BCUT2D eigenvalue weighted by atomic mass is 32.2. The van der Waals surface area contributed by atoms with Crippen LogP contribution in [-0.4, -0.2) is 18.2 Å². The van der Waals surface area contributed by atoms with E-state index in [1.54, 1.807) is 24.4 Å². The molecule has 0 fully saturated rings. The molecule has 1 amide bonds. The van der Waals surface area contributed by atoms with Crippen molar-refractivity contribution < 1.29 is 14.7 Å². The standard InChI is InChI=1S/C21H19NO3S/c1-25-18-10-6-15(7-11-18)16-8-12-19(13-9-16)26-20-5-3-2-4-17(20)14-21(23)22-24/h2-13,24H,14H2,1H3,(H,22,23). The van der Waals surface area contributed by atoms with Crippen molar-refractivity contribution in [3.05, 3.63) is 78.4 Å². The lowest BCUT2D eigenvalue weighted by molar-refractivity contribution is -0.128. The number of ether oxygens (including phenoxy) is 1. The summed E-state index contributed by atoms with van der Waals surface area (Å²) in [6.07, 6.45) is 0.142. The first-order valence-electron chi connectivity index (χ1n) is 8.13. The molecule has 0 bridgehead atoms. The minimum Gasteiger partial charge on any atom is -0.497 e. The zero-order valence-corrected chi connectivity index (χ0v) is 15.1. The number of carbonyl (C=O) groups is 1. The van der Waals surface area contributed by atoms with E-state index in [1.165, 1.54) is 0 Å². The maximum Gasteiger partial charge on any atom is 0.247 e. The predicted octanol–water partition coefficient (Wildman–Crippen LogP) is 4.56. The van der Waals surface area contributed by atoms with Gasteiger partial charge in [-0.2, -0.15) is 0 Å². The maximum absolute atomic E-state index is 11.5. The van der Waals surface area contributed by atoms with E-state index in [2.05, 4.69) is 24.3 Å². The summed E-state index contributed by atoms with van der Waals surface area (Å²) < 4.78 is 5.19. The number of benzene rings is 3. The number of hydrogen-bond donors (Lipinski definition) is 2. The summed E-state index contributed by atoms with van der Waals surface area (Å²) in [5, 5.41) is 8.73. The molecule has 3 rings (SSSR count). The van der Waals surface area contributed by atoms with E-state index >= 15 is 0 Å². The molecule has 2 N–H and O–H groups in total. The molecule has 0 saturated heterocycles. The van der Waals surface area contributed by atoms with Crippen LogP contribution in [0.25, 0.3) is 11.1 Å². The second-order valence-electron chi connectivity index (χ2n) is 5.67. The van der Waals surface area contributed by atoms with Gasteiger partial charge >= 0.3 is 0 Å². The number of hydrogen-bond acceptors (Lipinski definition) is 4. The molecular formula is C21H19NO3S. The van der Waals surface area contributed by atoms with Gasteiger partial charge in [0.1, 0.15) is 5.75 Å². The molecule has 0 radical (unpaired) electrons. The average molecular weight is 365 g/mol. The van der Waals surface area contributed by atoms with Crippen LogP contribution in [0, 0.1) is 0 Å². The molecule has 0 heterocycles. The Bertz CT molecular complexity index is 877. The van der Waals surface area contributed by atoms with Gasteiger partial charge in [0.05, 0.1) is 13.5 Å². The number of rotatable bonds is 6. The topological polar surface area (TPSA) is 58.6 Å². The smallest absolute Gasteiger partial charge is 0.247 e. The molecule has 132 valence electrons. The van der Waals surface area contributed by atoms with Gasteiger partial charge in [0.2, 0.25) is 5.91 Å². The molecule has 0 saturated carbocycles. The van der Waals surface area contributed by atoms with Gasteiger partial charge in [-0.3, -0.25) is 10.0 Å². The fourth-order valence-electron chi connectivity index (χ4n) is 2.59. The van der Waals surface area contributed by atoms with E-state index in [-0.39, 0.29) is 6.42 Å². The highest BCUT2D eigenvalue weighted by Crippen LogP contribution is 2.32. The largest absolute Gasteiger partial charge is 0.497 e. The molecule has 0 aliphatic carbocycles. The highest BCUT2D eigenvalue weighted by Gasteiger charge is 2.08. The Hall–Kier alpha value is -2.76. The van der Waals surface area contributed by atoms with Crippen molar-refractivity contribution in [2.75, 3.05) is 7.11 Å². The van der Waals surface area contributed by atoms with Crippen molar-refractivity contribution in [2.45, 2.75) is 16.2 Å². The van der Waals surface area contributed by atoms with Crippen molar-refractivity contribution in [2.24, 2.45) is 0 Å². The summed E-state index contributed by atoms with van der Waals surface area (Å²) in [4.78, 5) is 13.5. The number of amides is 1. The SMILES string of the molecule is COc1ccc(-c2ccc(Sc3ccccc3CC(=O)NO)cc2)cc1. The molecule has 26 heavy (non-hydrogen) atoms. The predicted molar refractivity (Wildman–Crippen MR) is 103 cm³/mol. The first-order valence-corrected chi connectivity index (χ1v) is 8.94. The summed E-state index contributed by atoms with van der Waals surface area (Å²) in [5.74, 6) is 0.414. The van der Waals surface area contributed by atoms with Gasteiger partial charge in [-0.15, -0.1) is 0 Å². The second-order valence-corrected chi connectivity index (χ2v) is 6.79. The Balaban J connectivity index is 1.76. The molecule has 3 aromatic carbocycles. The van der Waals surface area contributed by atoms with Gasteiger partial charge in [-0.05, 0) is 47.0 Å². The number of hydroxylamine groups is 1. The third-order valence-electron chi connectivity index (χ3n) is 3.95. The number of nitrogens with one attached hydrogen (secondary N) is 1. The first-order chi connectivity index (χ1) is 12.7. The van der Waals surface area contributed by atoms with E-state index < -0.39 is 5.91 Å². The van der Waals surface area contributed by atoms with E-state index in [0.717, 1.165) is 32.2 Å². The van der Waals surface area contributed by atoms with Crippen molar-refractivity contribution >= 4 is 17.7 Å². The Morgan fingerprint density at radius 1 is 0.962 bits per heavy atom. The van der Waals surface area contributed by atoms with E-state index in [0.29, 0.717) is 0 Å². The van der Waals surface area contributed by atoms with Crippen LogP contribution in [0.1, 0.15) is 5.56 Å². The minimum atomic E-state index is -0.423. The molecule has 0 spiro atoms. The minimum absolute atomic E-state index is 0.142. The Kier molecular flexibility index (Phi) is 5.94. The van der Waals surface area contributed by atoms with Crippen LogP contribution in [0.4, 0.5) is 0 Å². The van der Waals surface area contributed by atoms with Crippen LogP contribution in [0.5, 0.6) is 5.75 Å². The normalized spacial score (nSPS) is 10.4. The lowest BCUT2D eigenvalue weighted by atomic mass is 10.1. The van der Waals surface area contributed by atoms with E-state index in [4.69, 9.17) is 9.94 Å². The van der Waals surface area contributed by atoms with Gasteiger partial charge in [0, 0.05) is 9.79 Å². The Morgan fingerprint density at radius 3 is 2.19 bits per heavy atom. The summed E-state index contributed by atoms with van der Waals surface area (Å²) >= 11 is 1.60. The molecular weight excluding hydrogens is 346 g/mol. The average Bonchev–Trinajstić information content (AvgIpc) is 2.70. The van der Waals surface area contributed by atoms with Gasteiger partial charge < -0.3 is 4.74 Å². The molecule has 0 unspecified atom stereocenters. The number of methoxy groups -OCH3 is 1. The quantitative estimate of drug-likeness (QED) is 0.497. The summed E-state index contributed by atoms with van der Waals surface area (Å²) in [7, 11) is 1.66. The van der Waals surface area contributed by atoms with E-state index in [9.17, 15) is 4.79 Å². The molecule has 3 aromatic rings. The van der Waals surface area contributed by atoms with Crippen LogP contribution < -0.4 is 10.2 Å². The second kappa shape index (κ2) is 8.56. The summed E-state index contributed by atoms with van der Waals surface area (Å²) in [5.41, 5.74) is 4.82. The molecule has 4 nitrogen and oxygen atoms in total. The van der Waals surface area contributed by atoms with Gasteiger partial charge in [-0.1, -0.05) is 54.2 Å². The summed E-state index contributed by atoms with van der Waals surface area (Å²) in [6.45, 7) is 0. The van der Waals surface area contributed by atoms with Crippen LogP contribution in [-0.2, 0) is 11.2 Å². The molecule has 0 aliphatic heterocycles. The number of carbonyl (C=O) groups excluding carboxylic acids is 1. The Labute approximate surface area is 156 Å². The zero-order valence-electron chi connectivity index (χ0n) is 14.3. The summed E-state index contributed by atoms with van der Waals surface area (Å²) in [6, 6.07) is 23.9. The fourth-order valence-corrected chi connectivity index (χ4v) is 3.53. The molecule has 0 atom stereocenters. The van der Waals surface area contributed by atoms with E-state index in [1.807, 2.05) is 48.5 Å². The van der Waals surface area contributed by atoms with Crippen molar-refractivity contribution in [3.63, 3.8) is 0 Å². The highest BCUT2D eigenvalue weighted by molar-refractivity contribution is 7.99. The lowest BCUT2D eigenvalue weighted by Gasteiger charge is -2.09. The third kappa shape index (κ3) is 4.45. The fraction of sp³-hybridized carbons (Fsp3) is 0.0952. The first kappa shape index (κ1) is 18.0. The van der Waals surface area contributed by atoms with Crippen LogP contribution in [0.15, 0.2) is 82.6 Å². The van der Waals surface area contributed by atoms with Gasteiger partial charge in [0.25, 0.3) is 0 Å². The van der Waals surface area contributed by atoms with Crippen molar-refractivity contribution in [1.82, 2.24) is 5.48 Å². The zero-order chi connectivity index (χ0) is 18.4. The maximum atomic E-state index is 11.5. The van der Waals surface area contributed by atoms with Crippen molar-refractivity contribution in [1.29, 1.82) is 0 Å². The Morgan fingerprint density at radius 2 is 1.58 bits per heavy atom. The molecule has 0 aromatic heterocycles. The molecule has 0 aliphatic rings. The molecule has 5 heteroatoms. The lowest BCUT2D eigenvalue weighted by Crippen LogP contribution is -2.20. The van der Waals surface area contributed by atoms with Crippen molar-refractivity contribution in [3.8, 4) is 16.9 Å². The third-order valence-corrected chi connectivity index (χ3v) is 5.08. The van der Waals surface area contributed by atoms with Gasteiger partial charge in [0.15, 0.2) is 0 Å². The van der Waals surface area contributed by atoms with Crippen LogP contribution in [0.2, 0.25) is 0 Å².